The minimum absolute atomic E-state index is 0.162. The zero-order valence-electron chi connectivity index (χ0n) is 9.04. The fraction of sp³-hybridized carbons (Fsp3) is 0.800. The average molecular weight is 235 g/mol. The summed E-state index contributed by atoms with van der Waals surface area (Å²) < 4.78 is 28.5. The lowest BCUT2D eigenvalue weighted by atomic mass is 9.86. The van der Waals surface area contributed by atoms with E-state index in [1.165, 1.54) is 7.11 Å². The summed E-state index contributed by atoms with van der Waals surface area (Å²) in [6.07, 6.45) is -0.753. The predicted octanol–water partition coefficient (Wildman–Crippen LogP) is 1.10. The molecule has 0 radical (unpaired) electrons. The highest BCUT2D eigenvalue weighted by Gasteiger charge is 2.28. The summed E-state index contributed by atoms with van der Waals surface area (Å²) in [5.41, 5.74) is 0. The second kappa shape index (κ2) is 5.77. The Hall–Kier alpha value is -1.20. The van der Waals surface area contributed by atoms with Gasteiger partial charge in [-0.3, -0.25) is 9.59 Å². The molecule has 1 saturated carbocycles. The Labute approximate surface area is 92.3 Å². The molecule has 1 N–H and O–H groups in total. The van der Waals surface area contributed by atoms with E-state index in [4.69, 9.17) is 0 Å². The number of methoxy groups -OCH3 is 1. The van der Waals surface area contributed by atoms with Crippen LogP contribution in [0.3, 0.4) is 0 Å². The van der Waals surface area contributed by atoms with Crippen LogP contribution in [0, 0.1) is 5.92 Å². The highest BCUT2D eigenvalue weighted by Crippen LogP contribution is 2.25. The lowest BCUT2D eigenvalue weighted by Crippen LogP contribution is -2.41. The molecule has 0 aromatic heterocycles. The van der Waals surface area contributed by atoms with E-state index >= 15 is 0 Å². The van der Waals surface area contributed by atoms with Crippen molar-refractivity contribution in [1.29, 1.82) is 0 Å². The van der Waals surface area contributed by atoms with E-state index in [-0.39, 0.29) is 17.9 Å². The highest BCUT2D eigenvalue weighted by molar-refractivity contribution is 5.79. The largest absolute Gasteiger partial charge is 0.469 e. The molecular formula is C10H15F2NO3. The number of esters is 1. The lowest BCUT2D eigenvalue weighted by Gasteiger charge is -2.27. The molecule has 0 atom stereocenters. The monoisotopic (exact) mass is 235 g/mol. The van der Waals surface area contributed by atoms with Crippen molar-refractivity contribution < 1.29 is 23.1 Å². The minimum Gasteiger partial charge on any atom is -0.469 e. The van der Waals surface area contributed by atoms with Crippen molar-refractivity contribution in [2.75, 3.05) is 7.11 Å². The van der Waals surface area contributed by atoms with Gasteiger partial charge in [-0.15, -0.1) is 0 Å². The van der Waals surface area contributed by atoms with Crippen LogP contribution in [0.15, 0.2) is 0 Å². The van der Waals surface area contributed by atoms with Gasteiger partial charge in [-0.25, -0.2) is 0 Å². The number of carbonyl (C=O) groups excluding carboxylic acids is 2. The smallest absolute Gasteiger partial charge is 0.315 e. The van der Waals surface area contributed by atoms with Gasteiger partial charge < -0.3 is 10.1 Å². The van der Waals surface area contributed by atoms with E-state index in [9.17, 15) is 18.4 Å². The number of hydrogen-bond acceptors (Lipinski definition) is 3. The van der Waals surface area contributed by atoms with Crippen molar-refractivity contribution in [3.63, 3.8) is 0 Å². The maximum atomic E-state index is 12.0. The van der Waals surface area contributed by atoms with E-state index in [0.717, 1.165) is 0 Å². The van der Waals surface area contributed by atoms with Crippen LogP contribution in [-0.2, 0) is 14.3 Å². The normalized spacial score (nSPS) is 25.2. The molecule has 92 valence electrons. The molecule has 4 nitrogen and oxygen atoms in total. The Balaban J connectivity index is 2.32. The molecule has 0 bridgehead atoms. The standard InChI is InChI=1S/C10H15F2NO3/c1-16-10(15)6-2-4-7(5-3-6)13-9(14)8(11)12/h6-8H,2-5H2,1H3,(H,13,14). The SMILES string of the molecule is COC(=O)C1CCC(NC(=O)C(F)F)CC1. The molecule has 0 aromatic carbocycles. The Bertz CT molecular complexity index is 263. The van der Waals surface area contributed by atoms with Gasteiger partial charge in [0.05, 0.1) is 13.0 Å². The summed E-state index contributed by atoms with van der Waals surface area (Å²) in [5.74, 6) is -1.66. The van der Waals surface area contributed by atoms with Crippen LogP contribution in [0.5, 0.6) is 0 Å². The summed E-state index contributed by atoms with van der Waals surface area (Å²) in [7, 11) is 1.33. The molecule has 1 aliphatic rings. The number of hydrogen-bond donors (Lipinski definition) is 1. The number of halogens is 2. The molecule has 6 heteroatoms. The Kier molecular flexibility index (Phi) is 4.64. The van der Waals surface area contributed by atoms with Crippen LogP contribution < -0.4 is 5.32 Å². The maximum absolute atomic E-state index is 12.0. The third-order valence-corrected chi connectivity index (χ3v) is 2.81. The molecule has 1 amide bonds. The molecule has 0 aromatic rings. The second-order valence-corrected chi connectivity index (χ2v) is 3.88. The van der Waals surface area contributed by atoms with Gasteiger partial charge in [-0.1, -0.05) is 0 Å². The van der Waals surface area contributed by atoms with Crippen LogP contribution in [0.25, 0.3) is 0 Å². The van der Waals surface area contributed by atoms with Crippen molar-refractivity contribution in [1.82, 2.24) is 5.32 Å². The van der Waals surface area contributed by atoms with E-state index in [0.29, 0.717) is 25.7 Å². The van der Waals surface area contributed by atoms with Gasteiger partial charge in [0.25, 0.3) is 5.91 Å². The molecule has 0 unspecified atom stereocenters. The molecule has 0 aliphatic heterocycles. The predicted molar refractivity (Wildman–Crippen MR) is 51.9 cm³/mol. The van der Waals surface area contributed by atoms with E-state index in [1.807, 2.05) is 0 Å². The molecule has 0 saturated heterocycles. The number of ether oxygens (including phenoxy) is 1. The summed E-state index contributed by atoms with van der Waals surface area (Å²) >= 11 is 0. The first-order valence-electron chi connectivity index (χ1n) is 5.21. The van der Waals surface area contributed by atoms with Gasteiger partial charge in [0.1, 0.15) is 0 Å². The molecule has 16 heavy (non-hydrogen) atoms. The van der Waals surface area contributed by atoms with Crippen molar-refractivity contribution in [3.05, 3.63) is 0 Å². The van der Waals surface area contributed by atoms with Crippen LogP contribution in [0.1, 0.15) is 25.7 Å². The maximum Gasteiger partial charge on any atom is 0.315 e. The van der Waals surface area contributed by atoms with E-state index in [2.05, 4.69) is 10.1 Å². The van der Waals surface area contributed by atoms with Gasteiger partial charge in [0, 0.05) is 6.04 Å². The van der Waals surface area contributed by atoms with Crippen molar-refractivity contribution in [2.45, 2.75) is 38.2 Å². The van der Waals surface area contributed by atoms with Gasteiger partial charge in [0.15, 0.2) is 0 Å². The van der Waals surface area contributed by atoms with Crippen molar-refractivity contribution >= 4 is 11.9 Å². The van der Waals surface area contributed by atoms with Crippen LogP contribution >= 0.6 is 0 Å². The van der Waals surface area contributed by atoms with Crippen molar-refractivity contribution in [3.8, 4) is 0 Å². The lowest BCUT2D eigenvalue weighted by molar-refractivity contribution is -0.146. The van der Waals surface area contributed by atoms with E-state index < -0.39 is 12.3 Å². The molecule has 0 spiro atoms. The molecule has 0 heterocycles. The quantitative estimate of drug-likeness (QED) is 0.745. The Morgan fingerprint density at radius 3 is 2.25 bits per heavy atom. The zero-order chi connectivity index (χ0) is 12.1. The zero-order valence-corrected chi connectivity index (χ0v) is 9.04. The number of rotatable bonds is 3. The van der Waals surface area contributed by atoms with Gasteiger partial charge in [-0.05, 0) is 25.7 Å². The first-order valence-corrected chi connectivity index (χ1v) is 5.21. The first kappa shape index (κ1) is 12.9. The topological polar surface area (TPSA) is 55.4 Å². The Morgan fingerprint density at radius 2 is 1.81 bits per heavy atom. The van der Waals surface area contributed by atoms with Gasteiger partial charge in [0.2, 0.25) is 0 Å². The van der Waals surface area contributed by atoms with Gasteiger partial charge in [-0.2, -0.15) is 8.78 Å². The molecule has 1 fully saturated rings. The summed E-state index contributed by atoms with van der Waals surface area (Å²) in [6.45, 7) is 0. The highest BCUT2D eigenvalue weighted by atomic mass is 19.3. The summed E-state index contributed by atoms with van der Waals surface area (Å²) in [6, 6.07) is -0.248. The molecular weight excluding hydrogens is 220 g/mol. The minimum atomic E-state index is -2.97. The average Bonchev–Trinajstić information content (AvgIpc) is 2.28. The first-order chi connectivity index (χ1) is 7.54. The summed E-state index contributed by atoms with van der Waals surface area (Å²) in [5, 5.41) is 2.25. The fourth-order valence-corrected chi connectivity index (χ4v) is 1.90. The van der Waals surface area contributed by atoms with Crippen LogP contribution in [0.4, 0.5) is 8.78 Å². The van der Waals surface area contributed by atoms with Gasteiger partial charge >= 0.3 is 12.4 Å². The van der Waals surface area contributed by atoms with Crippen molar-refractivity contribution in [2.24, 2.45) is 5.92 Å². The third-order valence-electron chi connectivity index (χ3n) is 2.81. The third kappa shape index (κ3) is 3.43. The second-order valence-electron chi connectivity index (χ2n) is 3.88. The number of carbonyl (C=O) groups is 2. The number of nitrogens with one attached hydrogen (secondary N) is 1. The molecule has 1 rings (SSSR count). The molecule has 1 aliphatic carbocycles. The van der Waals surface area contributed by atoms with E-state index in [1.54, 1.807) is 0 Å². The summed E-state index contributed by atoms with van der Waals surface area (Å²) in [4.78, 5) is 21.9. The number of amides is 1. The Morgan fingerprint density at radius 1 is 1.25 bits per heavy atom. The van der Waals surface area contributed by atoms with Crippen LogP contribution in [0.2, 0.25) is 0 Å². The van der Waals surface area contributed by atoms with Crippen LogP contribution in [-0.4, -0.2) is 31.5 Å². The fourth-order valence-electron chi connectivity index (χ4n) is 1.90. The number of alkyl halides is 2.